The van der Waals surface area contributed by atoms with E-state index in [1.54, 1.807) is 30.0 Å². The Balaban J connectivity index is 1.68. The number of rotatable bonds is 5. The molecule has 0 spiro atoms. The molecule has 0 saturated carbocycles. The lowest BCUT2D eigenvalue weighted by Gasteiger charge is -2.31. The topological polar surface area (TPSA) is 84.4 Å². The number of aromatic nitrogens is 2. The van der Waals surface area contributed by atoms with Crippen LogP contribution in [0.3, 0.4) is 0 Å². The number of hydrogen-bond acceptors (Lipinski definition) is 5. The van der Waals surface area contributed by atoms with E-state index >= 15 is 0 Å². The minimum absolute atomic E-state index is 0.0546. The van der Waals surface area contributed by atoms with Crippen molar-refractivity contribution in [3.05, 3.63) is 52.1 Å². The zero-order valence-electron chi connectivity index (χ0n) is 16.9. The van der Waals surface area contributed by atoms with Gasteiger partial charge in [0.15, 0.2) is 0 Å². The minimum atomic E-state index is -0.300. The van der Waals surface area contributed by atoms with E-state index in [0.29, 0.717) is 35.2 Å². The van der Waals surface area contributed by atoms with E-state index < -0.39 is 0 Å². The van der Waals surface area contributed by atoms with Crippen LogP contribution < -0.4 is 10.1 Å². The van der Waals surface area contributed by atoms with Crippen LogP contribution in [-0.2, 0) is 11.3 Å². The fourth-order valence-corrected chi connectivity index (χ4v) is 3.56. The van der Waals surface area contributed by atoms with Crippen LogP contribution in [0.2, 0.25) is 5.02 Å². The molecular weight excluding hydrogens is 392 g/mol. The molecule has 7 nitrogen and oxygen atoms in total. The van der Waals surface area contributed by atoms with Crippen molar-refractivity contribution in [2.24, 2.45) is 0 Å². The summed E-state index contributed by atoms with van der Waals surface area (Å²) >= 11 is 6.11. The van der Waals surface area contributed by atoms with Gasteiger partial charge in [-0.05, 0) is 38.1 Å². The van der Waals surface area contributed by atoms with E-state index in [1.807, 2.05) is 19.9 Å². The standard InChI is InChI=1S/C21H25ClN4O3/c1-13-10-14(2)25-20(24-13)12-23-21(28)18-11-16(22)4-5-19(18)29-17-6-8-26(9-7-17)15(3)27/h4-5,10-11,17H,6-9,12H2,1-3H3,(H,23,28). The SMILES string of the molecule is CC(=O)N1CCC(Oc2ccc(Cl)cc2C(=O)NCc2nc(C)cc(C)n2)CC1. The molecule has 2 aromatic rings. The summed E-state index contributed by atoms with van der Waals surface area (Å²) in [5.41, 5.74) is 2.08. The lowest BCUT2D eigenvalue weighted by molar-refractivity contribution is -0.130. The summed E-state index contributed by atoms with van der Waals surface area (Å²) in [7, 11) is 0. The van der Waals surface area contributed by atoms with Gasteiger partial charge >= 0.3 is 0 Å². The zero-order valence-corrected chi connectivity index (χ0v) is 17.6. The highest BCUT2D eigenvalue weighted by atomic mass is 35.5. The Kier molecular flexibility index (Phi) is 6.69. The fourth-order valence-electron chi connectivity index (χ4n) is 3.38. The Hall–Kier alpha value is -2.67. The normalized spacial score (nSPS) is 14.6. The van der Waals surface area contributed by atoms with Crippen molar-refractivity contribution in [2.75, 3.05) is 13.1 Å². The van der Waals surface area contributed by atoms with Crippen LogP contribution >= 0.6 is 11.6 Å². The zero-order chi connectivity index (χ0) is 21.0. The molecule has 2 heterocycles. The molecule has 2 amide bonds. The average molecular weight is 417 g/mol. The van der Waals surface area contributed by atoms with Crippen molar-refractivity contribution in [2.45, 2.75) is 46.3 Å². The number of likely N-dealkylation sites (tertiary alicyclic amines) is 1. The van der Waals surface area contributed by atoms with E-state index in [0.717, 1.165) is 24.2 Å². The van der Waals surface area contributed by atoms with E-state index in [-0.39, 0.29) is 24.5 Å². The first-order valence-corrected chi connectivity index (χ1v) is 10.0. The molecule has 1 fully saturated rings. The Morgan fingerprint density at radius 3 is 2.45 bits per heavy atom. The molecule has 0 bridgehead atoms. The molecule has 1 aliphatic heterocycles. The molecule has 154 valence electrons. The number of hydrogen-bond donors (Lipinski definition) is 1. The monoisotopic (exact) mass is 416 g/mol. The largest absolute Gasteiger partial charge is 0.489 e. The van der Waals surface area contributed by atoms with E-state index in [1.165, 1.54) is 0 Å². The number of ether oxygens (including phenoxy) is 1. The van der Waals surface area contributed by atoms with Crippen molar-refractivity contribution < 1.29 is 14.3 Å². The van der Waals surface area contributed by atoms with Crippen molar-refractivity contribution in [3.8, 4) is 5.75 Å². The maximum absolute atomic E-state index is 12.8. The number of nitrogens with zero attached hydrogens (tertiary/aromatic N) is 3. The smallest absolute Gasteiger partial charge is 0.255 e. The summed E-state index contributed by atoms with van der Waals surface area (Å²) in [5.74, 6) is 0.807. The fraction of sp³-hybridized carbons (Fsp3) is 0.429. The summed E-state index contributed by atoms with van der Waals surface area (Å²) in [4.78, 5) is 34.8. The van der Waals surface area contributed by atoms with E-state index in [2.05, 4.69) is 15.3 Å². The lowest BCUT2D eigenvalue weighted by Crippen LogP contribution is -2.40. The van der Waals surface area contributed by atoms with Gasteiger partial charge in [-0.3, -0.25) is 9.59 Å². The molecule has 1 aromatic carbocycles. The van der Waals surface area contributed by atoms with Crippen molar-refractivity contribution in [1.29, 1.82) is 0 Å². The molecule has 1 aromatic heterocycles. The summed E-state index contributed by atoms with van der Waals surface area (Å²) in [5, 5.41) is 3.30. The second-order valence-corrected chi connectivity index (χ2v) is 7.65. The Morgan fingerprint density at radius 1 is 1.17 bits per heavy atom. The van der Waals surface area contributed by atoms with Crippen LogP contribution in [0, 0.1) is 13.8 Å². The second kappa shape index (κ2) is 9.22. The highest BCUT2D eigenvalue weighted by Gasteiger charge is 2.24. The predicted octanol–water partition coefficient (Wildman–Crippen LogP) is 3.07. The number of halogens is 1. The molecule has 0 atom stereocenters. The maximum Gasteiger partial charge on any atom is 0.255 e. The number of benzene rings is 1. The molecule has 8 heteroatoms. The number of nitrogens with one attached hydrogen (secondary N) is 1. The summed E-state index contributed by atoms with van der Waals surface area (Å²) < 4.78 is 6.09. The molecule has 3 rings (SSSR count). The Morgan fingerprint density at radius 2 is 1.83 bits per heavy atom. The van der Waals surface area contributed by atoms with Crippen LogP contribution in [0.25, 0.3) is 0 Å². The number of amides is 2. The van der Waals surface area contributed by atoms with Gasteiger partial charge < -0.3 is 15.0 Å². The predicted molar refractivity (Wildman–Crippen MR) is 110 cm³/mol. The maximum atomic E-state index is 12.8. The van der Waals surface area contributed by atoms with Gasteiger partial charge in [0.05, 0.1) is 12.1 Å². The molecule has 0 unspecified atom stereocenters. The molecule has 0 aliphatic carbocycles. The lowest BCUT2D eigenvalue weighted by atomic mass is 10.1. The van der Waals surface area contributed by atoms with Crippen LogP contribution in [0.5, 0.6) is 5.75 Å². The van der Waals surface area contributed by atoms with Gasteiger partial charge in [-0.15, -0.1) is 0 Å². The first-order chi connectivity index (χ1) is 13.8. The van der Waals surface area contributed by atoms with Crippen molar-refractivity contribution in [1.82, 2.24) is 20.2 Å². The van der Waals surface area contributed by atoms with Gasteiger partial charge in [0.1, 0.15) is 17.7 Å². The quantitative estimate of drug-likeness (QED) is 0.809. The number of piperidine rings is 1. The van der Waals surface area contributed by atoms with E-state index in [9.17, 15) is 9.59 Å². The molecule has 1 saturated heterocycles. The highest BCUT2D eigenvalue weighted by molar-refractivity contribution is 6.31. The first-order valence-electron chi connectivity index (χ1n) is 9.63. The van der Waals surface area contributed by atoms with Gasteiger partial charge in [-0.1, -0.05) is 11.6 Å². The van der Waals surface area contributed by atoms with E-state index in [4.69, 9.17) is 16.3 Å². The van der Waals surface area contributed by atoms with Gasteiger partial charge in [-0.25, -0.2) is 9.97 Å². The molecule has 1 N–H and O–H groups in total. The van der Waals surface area contributed by atoms with Crippen LogP contribution in [0.15, 0.2) is 24.3 Å². The average Bonchev–Trinajstić information content (AvgIpc) is 2.67. The molecular formula is C21H25ClN4O3. The Bertz CT molecular complexity index is 891. The van der Waals surface area contributed by atoms with Gasteiger partial charge in [-0.2, -0.15) is 0 Å². The van der Waals surface area contributed by atoms with Gasteiger partial charge in [0.25, 0.3) is 5.91 Å². The van der Waals surface area contributed by atoms with Crippen molar-refractivity contribution >= 4 is 23.4 Å². The first kappa shape index (κ1) is 21.0. The molecule has 29 heavy (non-hydrogen) atoms. The van der Waals surface area contributed by atoms with Crippen LogP contribution in [0.4, 0.5) is 0 Å². The third kappa shape index (κ3) is 5.67. The number of aryl methyl sites for hydroxylation is 2. The molecule has 0 radical (unpaired) electrons. The Labute approximate surface area is 175 Å². The van der Waals surface area contributed by atoms with Crippen molar-refractivity contribution in [3.63, 3.8) is 0 Å². The second-order valence-electron chi connectivity index (χ2n) is 7.21. The summed E-state index contributed by atoms with van der Waals surface area (Å²) in [6, 6.07) is 6.89. The third-order valence-electron chi connectivity index (χ3n) is 4.80. The van der Waals surface area contributed by atoms with Crippen LogP contribution in [-0.4, -0.2) is 45.9 Å². The third-order valence-corrected chi connectivity index (χ3v) is 5.04. The number of carbonyl (C=O) groups is 2. The van der Waals surface area contributed by atoms with Gasteiger partial charge in [0, 0.05) is 49.3 Å². The number of carbonyl (C=O) groups excluding carboxylic acids is 2. The highest BCUT2D eigenvalue weighted by Crippen LogP contribution is 2.26. The minimum Gasteiger partial charge on any atom is -0.489 e. The summed E-state index contributed by atoms with van der Waals surface area (Å²) in [6.07, 6.45) is 1.39. The van der Waals surface area contributed by atoms with Gasteiger partial charge in [0.2, 0.25) is 5.91 Å². The molecule has 1 aliphatic rings. The van der Waals surface area contributed by atoms with Crippen LogP contribution in [0.1, 0.15) is 47.3 Å². The summed E-state index contributed by atoms with van der Waals surface area (Å²) in [6.45, 7) is 6.87.